The lowest BCUT2D eigenvalue weighted by Gasteiger charge is -2.21. The van der Waals surface area contributed by atoms with Crippen molar-refractivity contribution in [2.45, 2.75) is 39.0 Å². The van der Waals surface area contributed by atoms with Crippen molar-refractivity contribution in [1.82, 2.24) is 20.1 Å². The fourth-order valence-electron chi connectivity index (χ4n) is 5.69. The highest BCUT2D eigenvalue weighted by Gasteiger charge is 2.23. The molecule has 0 saturated carbocycles. The summed E-state index contributed by atoms with van der Waals surface area (Å²) >= 11 is 7.88. The van der Waals surface area contributed by atoms with Gasteiger partial charge in [0.1, 0.15) is 5.01 Å². The van der Waals surface area contributed by atoms with Crippen molar-refractivity contribution >= 4 is 50.0 Å². The number of fused-ring (bicyclic) bond motifs is 2. The number of aryl methyl sites for hydroxylation is 2. The SMILES string of the molecule is CCOC(=O)Cc1c(C)cc2nc(-c3ccc4c(c3)c(C3CCNCC3)nn4C)sc2c1-c1ccc(Cl)cc1. The van der Waals surface area contributed by atoms with Crippen LogP contribution in [0.2, 0.25) is 5.02 Å². The highest BCUT2D eigenvalue weighted by atomic mass is 35.5. The monoisotopic (exact) mass is 558 g/mol. The highest BCUT2D eigenvalue weighted by Crippen LogP contribution is 2.42. The van der Waals surface area contributed by atoms with Gasteiger partial charge in [-0.15, -0.1) is 11.3 Å². The number of rotatable bonds is 6. The third kappa shape index (κ3) is 4.95. The van der Waals surface area contributed by atoms with Gasteiger partial charge in [-0.3, -0.25) is 9.48 Å². The summed E-state index contributed by atoms with van der Waals surface area (Å²) in [4.78, 5) is 17.7. The molecule has 0 bridgehead atoms. The van der Waals surface area contributed by atoms with Gasteiger partial charge < -0.3 is 10.1 Å². The number of hydrogen-bond acceptors (Lipinski definition) is 6. The lowest BCUT2D eigenvalue weighted by Crippen LogP contribution is -2.26. The number of halogens is 1. The summed E-state index contributed by atoms with van der Waals surface area (Å²) in [5.74, 6) is 0.234. The van der Waals surface area contributed by atoms with Crippen molar-refractivity contribution < 1.29 is 9.53 Å². The molecule has 6 nitrogen and oxygen atoms in total. The first-order chi connectivity index (χ1) is 18.9. The number of esters is 1. The molecule has 1 aliphatic heterocycles. The first-order valence-corrected chi connectivity index (χ1v) is 14.6. The Morgan fingerprint density at radius 3 is 2.62 bits per heavy atom. The van der Waals surface area contributed by atoms with Crippen LogP contribution in [0, 0.1) is 6.92 Å². The lowest BCUT2D eigenvalue weighted by molar-refractivity contribution is -0.142. The van der Waals surface area contributed by atoms with Crippen LogP contribution in [0.5, 0.6) is 0 Å². The summed E-state index contributed by atoms with van der Waals surface area (Å²) in [6, 6.07) is 16.4. The topological polar surface area (TPSA) is 69.0 Å². The number of nitrogens with one attached hydrogen (secondary N) is 1. The molecule has 0 unspecified atom stereocenters. The third-order valence-electron chi connectivity index (χ3n) is 7.62. The summed E-state index contributed by atoms with van der Waals surface area (Å²) in [7, 11) is 2.02. The van der Waals surface area contributed by atoms with E-state index in [-0.39, 0.29) is 12.4 Å². The van der Waals surface area contributed by atoms with Gasteiger partial charge in [0.25, 0.3) is 0 Å². The third-order valence-corrected chi connectivity index (χ3v) is 9.01. The second-order valence-electron chi connectivity index (χ2n) is 10.2. The predicted molar refractivity (Wildman–Crippen MR) is 160 cm³/mol. The van der Waals surface area contributed by atoms with Crippen LogP contribution in [0.1, 0.15) is 42.5 Å². The van der Waals surface area contributed by atoms with Crippen molar-refractivity contribution in [3.63, 3.8) is 0 Å². The lowest BCUT2D eigenvalue weighted by atomic mass is 9.92. The van der Waals surface area contributed by atoms with E-state index in [0.717, 1.165) is 74.5 Å². The van der Waals surface area contributed by atoms with Crippen molar-refractivity contribution in [3.8, 4) is 21.7 Å². The number of aromatic nitrogens is 3. The number of carbonyl (C=O) groups is 1. The van der Waals surface area contributed by atoms with Crippen LogP contribution in [-0.4, -0.2) is 40.4 Å². The predicted octanol–water partition coefficient (Wildman–Crippen LogP) is 7.05. The Balaban J connectivity index is 1.50. The molecule has 1 N–H and O–H groups in total. The van der Waals surface area contributed by atoms with Gasteiger partial charge in [0.15, 0.2) is 0 Å². The average Bonchev–Trinajstić information content (AvgIpc) is 3.51. The molecule has 0 atom stereocenters. The standard InChI is InChI=1S/C31H31ClN4O2S/c1-4-38-27(37)17-23-18(2)15-25-30(28(23)19-5-8-22(32)9-6-19)39-31(34-25)21-7-10-26-24(16-21)29(35-36(26)3)20-11-13-33-14-12-20/h5-10,15-16,20,33H,4,11-14,17H2,1-3H3. The molecule has 5 aromatic rings. The molecule has 0 aliphatic carbocycles. The van der Waals surface area contributed by atoms with Crippen LogP contribution in [0.25, 0.3) is 42.8 Å². The molecule has 0 amide bonds. The quantitative estimate of drug-likeness (QED) is 0.226. The van der Waals surface area contributed by atoms with Gasteiger partial charge in [-0.05, 0) is 92.9 Å². The van der Waals surface area contributed by atoms with Gasteiger partial charge >= 0.3 is 5.97 Å². The van der Waals surface area contributed by atoms with E-state index in [1.807, 2.05) is 49.8 Å². The largest absolute Gasteiger partial charge is 0.466 e. The number of nitrogens with zero attached hydrogens (tertiary/aromatic N) is 3. The van der Waals surface area contributed by atoms with E-state index in [4.69, 9.17) is 26.4 Å². The second-order valence-corrected chi connectivity index (χ2v) is 11.6. The van der Waals surface area contributed by atoms with Crippen LogP contribution in [0.4, 0.5) is 0 Å². The Kier molecular flexibility index (Phi) is 7.14. The van der Waals surface area contributed by atoms with E-state index in [2.05, 4.69) is 29.6 Å². The molecule has 1 fully saturated rings. The van der Waals surface area contributed by atoms with Gasteiger partial charge in [-0.2, -0.15) is 5.10 Å². The van der Waals surface area contributed by atoms with Crippen molar-refractivity contribution in [2.24, 2.45) is 7.05 Å². The molecular formula is C31H31ClN4O2S. The van der Waals surface area contributed by atoms with Gasteiger partial charge in [0.05, 0.1) is 34.5 Å². The molecule has 3 aromatic carbocycles. The van der Waals surface area contributed by atoms with Crippen LogP contribution in [0.3, 0.4) is 0 Å². The van der Waals surface area contributed by atoms with Crippen LogP contribution in [-0.2, 0) is 23.0 Å². The van der Waals surface area contributed by atoms with Crippen LogP contribution in [0.15, 0.2) is 48.5 Å². The van der Waals surface area contributed by atoms with Gasteiger partial charge in [0, 0.05) is 34.5 Å². The number of benzene rings is 3. The fourth-order valence-corrected chi connectivity index (χ4v) is 6.95. The number of hydrogen-bond donors (Lipinski definition) is 1. The summed E-state index contributed by atoms with van der Waals surface area (Å²) in [5, 5.41) is 11.2. The fraction of sp³-hybridized carbons (Fsp3) is 0.323. The van der Waals surface area contributed by atoms with E-state index in [1.165, 1.54) is 11.1 Å². The zero-order chi connectivity index (χ0) is 27.1. The smallest absolute Gasteiger partial charge is 0.310 e. The zero-order valence-corrected chi connectivity index (χ0v) is 24.0. The molecule has 3 heterocycles. The molecule has 39 heavy (non-hydrogen) atoms. The van der Waals surface area contributed by atoms with Crippen LogP contribution >= 0.6 is 22.9 Å². The van der Waals surface area contributed by atoms with E-state index in [9.17, 15) is 4.79 Å². The molecule has 200 valence electrons. The summed E-state index contributed by atoms with van der Waals surface area (Å²) in [5.41, 5.74) is 8.36. The first kappa shape index (κ1) is 26.0. The van der Waals surface area contributed by atoms with Crippen molar-refractivity contribution in [2.75, 3.05) is 19.7 Å². The minimum absolute atomic E-state index is 0.210. The van der Waals surface area contributed by atoms with Crippen LogP contribution < -0.4 is 5.32 Å². The van der Waals surface area contributed by atoms with Crippen molar-refractivity contribution in [1.29, 1.82) is 0 Å². The van der Waals surface area contributed by atoms with E-state index >= 15 is 0 Å². The summed E-state index contributed by atoms with van der Waals surface area (Å²) in [6.07, 6.45) is 2.41. The van der Waals surface area contributed by atoms with Gasteiger partial charge in [-0.25, -0.2) is 4.98 Å². The molecule has 1 aliphatic rings. The van der Waals surface area contributed by atoms with E-state index in [1.54, 1.807) is 11.3 Å². The summed E-state index contributed by atoms with van der Waals surface area (Å²) in [6.45, 7) is 6.29. The maximum atomic E-state index is 12.6. The molecular weight excluding hydrogens is 528 g/mol. The van der Waals surface area contributed by atoms with Gasteiger partial charge in [-0.1, -0.05) is 23.7 Å². The first-order valence-electron chi connectivity index (χ1n) is 13.4. The zero-order valence-electron chi connectivity index (χ0n) is 22.4. The highest BCUT2D eigenvalue weighted by molar-refractivity contribution is 7.22. The maximum absolute atomic E-state index is 12.6. The Labute approximate surface area is 237 Å². The average molecular weight is 559 g/mol. The second kappa shape index (κ2) is 10.7. The van der Waals surface area contributed by atoms with Gasteiger partial charge in [0.2, 0.25) is 0 Å². The Morgan fingerprint density at radius 1 is 1.13 bits per heavy atom. The maximum Gasteiger partial charge on any atom is 0.310 e. The molecule has 2 aromatic heterocycles. The number of ether oxygens (including phenoxy) is 1. The molecule has 6 rings (SSSR count). The van der Waals surface area contributed by atoms with Crippen molar-refractivity contribution in [3.05, 3.63) is 70.4 Å². The normalized spacial score (nSPS) is 14.4. The minimum atomic E-state index is -0.229. The Hall–Kier alpha value is -3.26. The molecule has 1 saturated heterocycles. The molecule has 0 spiro atoms. The Bertz CT molecular complexity index is 1680. The Morgan fingerprint density at radius 2 is 1.87 bits per heavy atom. The van der Waals surface area contributed by atoms with E-state index < -0.39 is 0 Å². The number of carbonyl (C=O) groups excluding carboxylic acids is 1. The molecule has 8 heteroatoms. The van der Waals surface area contributed by atoms with E-state index in [0.29, 0.717) is 17.5 Å². The molecule has 0 radical (unpaired) electrons. The minimum Gasteiger partial charge on any atom is -0.466 e. The number of thiazole rings is 1. The summed E-state index contributed by atoms with van der Waals surface area (Å²) < 4.78 is 8.37. The number of piperidine rings is 1.